The van der Waals surface area contributed by atoms with Gasteiger partial charge in [0.15, 0.2) is 5.78 Å². The fourth-order valence-electron chi connectivity index (χ4n) is 11.0. The Morgan fingerprint density at radius 2 is 1.74 bits per heavy atom. The molecular weight excluding hydrogens is 542 g/mol. The number of aliphatic hydroxyl groups is 1. The number of fused-ring (bicyclic) bond motifs is 2. The van der Waals surface area contributed by atoms with Crippen molar-refractivity contribution in [2.24, 2.45) is 33.5 Å². The zero-order valence-electron chi connectivity index (χ0n) is 24.9. The van der Waals surface area contributed by atoms with E-state index in [0.717, 1.165) is 59.4 Å². The van der Waals surface area contributed by atoms with Gasteiger partial charge >= 0.3 is 6.09 Å². The predicted octanol–water partition coefficient (Wildman–Crippen LogP) is 7.49. The lowest BCUT2D eigenvalue weighted by Crippen LogP contribution is -2.67. The van der Waals surface area contributed by atoms with E-state index < -0.39 is 11.0 Å². The average Bonchev–Trinajstić information content (AvgIpc) is 3.63. The first-order chi connectivity index (χ1) is 20.1. The number of allylic oxidation sites excluding steroid dienone is 4. The lowest BCUT2D eigenvalue weighted by Gasteiger charge is -2.71. The topological polar surface area (TPSA) is 66.8 Å². The van der Waals surface area contributed by atoms with Crippen molar-refractivity contribution in [1.29, 1.82) is 0 Å². The Balaban J connectivity index is 1.23. The van der Waals surface area contributed by atoms with Crippen LogP contribution in [0.3, 0.4) is 0 Å². The smallest absolute Gasteiger partial charge is 0.410 e. The number of aliphatic hydroxyl groups excluding tert-OH is 1. The number of hydrogen-bond acceptors (Lipinski definition) is 5. The molecule has 1 amide bonds. The van der Waals surface area contributed by atoms with Crippen LogP contribution in [0, 0.1) is 40.4 Å². The Hall–Kier alpha value is -2.70. The van der Waals surface area contributed by atoms with E-state index in [0.29, 0.717) is 25.4 Å². The molecule has 1 N–H and O–H groups in total. The van der Waals surface area contributed by atoms with E-state index in [4.69, 9.17) is 4.74 Å². The van der Waals surface area contributed by atoms with Crippen molar-refractivity contribution in [3.8, 4) is 0 Å². The number of rotatable bonds is 4. The number of ether oxygens (including phenoxy) is 1. The van der Waals surface area contributed by atoms with Crippen LogP contribution in [0.4, 0.5) is 4.79 Å². The molecule has 4 fully saturated rings. The molecule has 9 rings (SSSR count). The van der Waals surface area contributed by atoms with Gasteiger partial charge < -0.3 is 9.84 Å². The van der Waals surface area contributed by atoms with Gasteiger partial charge in [0.05, 0.1) is 17.5 Å². The summed E-state index contributed by atoms with van der Waals surface area (Å²) in [6, 6.07) is 14.2. The number of Topliss-reactive ketones (excluding diaryl/α,β-unsaturated/α-hetero) is 1. The number of thiophene rings is 1. The van der Waals surface area contributed by atoms with Crippen molar-refractivity contribution in [3.05, 3.63) is 81.6 Å². The van der Waals surface area contributed by atoms with E-state index >= 15 is 0 Å². The van der Waals surface area contributed by atoms with E-state index in [9.17, 15) is 14.7 Å². The zero-order chi connectivity index (χ0) is 29.1. The maximum absolute atomic E-state index is 14.6. The van der Waals surface area contributed by atoms with Gasteiger partial charge in [-0.1, -0.05) is 62.4 Å². The lowest BCUT2D eigenvalue weighted by atomic mass is 9.32. The van der Waals surface area contributed by atoms with Crippen LogP contribution in [0.1, 0.15) is 78.9 Å². The second kappa shape index (κ2) is 8.69. The summed E-state index contributed by atoms with van der Waals surface area (Å²) in [7, 11) is 0. The molecular formula is C36H41NO4S. The molecule has 7 aliphatic rings. The Labute approximate surface area is 252 Å². The minimum atomic E-state index is -0.555. The van der Waals surface area contributed by atoms with Crippen molar-refractivity contribution >= 4 is 23.2 Å². The summed E-state index contributed by atoms with van der Waals surface area (Å²) in [6.07, 6.45) is 12.8. The molecule has 3 saturated carbocycles. The molecule has 42 heavy (non-hydrogen) atoms. The van der Waals surface area contributed by atoms with Gasteiger partial charge in [-0.25, -0.2) is 4.79 Å². The van der Waals surface area contributed by atoms with Crippen molar-refractivity contribution in [3.63, 3.8) is 0 Å². The molecule has 2 bridgehead atoms. The third kappa shape index (κ3) is 3.23. The summed E-state index contributed by atoms with van der Waals surface area (Å²) >= 11 is 1.58. The van der Waals surface area contributed by atoms with Gasteiger partial charge in [-0.15, -0.1) is 11.3 Å². The van der Waals surface area contributed by atoms with E-state index in [2.05, 4.69) is 51.1 Å². The summed E-state index contributed by atoms with van der Waals surface area (Å²) in [5.74, 6) is 0.671. The van der Waals surface area contributed by atoms with Crippen LogP contribution < -0.4 is 0 Å². The molecule has 220 valence electrons. The SMILES string of the molecule is Cc1ccc(C(=O)C2=CC34C=CC25C(CCC2(C)C5CCC25CN(Cc2ccccc2)C(=O)O5)C3(C)CCC(O)C4)s1. The molecule has 2 aromatic rings. The van der Waals surface area contributed by atoms with Gasteiger partial charge in [0.25, 0.3) is 0 Å². The second-order valence-corrected chi connectivity index (χ2v) is 16.0. The molecule has 1 aromatic heterocycles. The van der Waals surface area contributed by atoms with Gasteiger partial charge in [0.1, 0.15) is 5.60 Å². The van der Waals surface area contributed by atoms with Crippen LogP contribution in [-0.2, 0) is 11.3 Å². The fourth-order valence-corrected chi connectivity index (χ4v) is 11.8. The molecule has 1 aromatic carbocycles. The highest BCUT2D eigenvalue weighted by Gasteiger charge is 2.76. The first-order valence-corrected chi connectivity index (χ1v) is 16.6. The average molecular weight is 584 g/mol. The van der Waals surface area contributed by atoms with E-state index in [1.54, 1.807) is 11.3 Å². The molecule has 5 nitrogen and oxygen atoms in total. The Kier molecular flexibility index (Phi) is 5.57. The summed E-state index contributed by atoms with van der Waals surface area (Å²) < 4.78 is 6.50. The minimum Gasteiger partial charge on any atom is -0.440 e. The van der Waals surface area contributed by atoms with Crippen molar-refractivity contribution in [2.75, 3.05) is 6.54 Å². The predicted molar refractivity (Wildman–Crippen MR) is 163 cm³/mol. The highest BCUT2D eigenvalue weighted by Crippen LogP contribution is 2.79. The monoisotopic (exact) mass is 583 g/mol. The van der Waals surface area contributed by atoms with Crippen molar-refractivity contribution in [2.45, 2.75) is 84.0 Å². The second-order valence-electron chi connectivity index (χ2n) is 14.7. The number of hydrogen-bond donors (Lipinski definition) is 1. The summed E-state index contributed by atoms with van der Waals surface area (Å²) in [5.41, 5.74) is 0.540. The maximum atomic E-state index is 14.6. The fraction of sp³-hybridized carbons (Fsp3) is 0.556. The van der Waals surface area contributed by atoms with Gasteiger partial charge in [0, 0.05) is 33.2 Å². The van der Waals surface area contributed by atoms with E-state index in [-0.39, 0.29) is 40.1 Å². The zero-order valence-corrected chi connectivity index (χ0v) is 25.7. The minimum absolute atomic E-state index is 0.0150. The van der Waals surface area contributed by atoms with Crippen molar-refractivity contribution in [1.82, 2.24) is 4.90 Å². The van der Waals surface area contributed by atoms with Crippen LogP contribution in [0.25, 0.3) is 0 Å². The molecule has 8 atom stereocenters. The molecule has 0 radical (unpaired) electrons. The standard InChI is InChI=1S/C36H41NO4S/c1-23-9-10-27(42-23)30(39)26-20-34-17-18-36(26)28(32(34,2)14-11-25(38)19-34)12-15-33(3)29(36)13-16-35(33)22-37(31(40)41-35)21-24-7-5-4-6-8-24/h4-10,17-18,20,25,28-29,38H,11-16,19,21-22H2,1-3H3. The van der Waals surface area contributed by atoms with Crippen LogP contribution in [-0.4, -0.2) is 40.1 Å². The van der Waals surface area contributed by atoms with Crippen LogP contribution in [0.2, 0.25) is 0 Å². The number of carbonyl (C=O) groups excluding carboxylic acids is 2. The third-order valence-electron chi connectivity index (χ3n) is 13.1. The molecule has 6 aliphatic carbocycles. The van der Waals surface area contributed by atoms with Gasteiger partial charge in [-0.05, 0) is 86.8 Å². The van der Waals surface area contributed by atoms with E-state index in [1.807, 2.05) is 35.2 Å². The molecule has 3 spiro atoms. The first kappa shape index (κ1) is 26.9. The Bertz CT molecular complexity index is 1540. The summed E-state index contributed by atoms with van der Waals surface area (Å²) in [4.78, 5) is 31.9. The Morgan fingerprint density at radius 1 is 1.00 bits per heavy atom. The van der Waals surface area contributed by atoms with Crippen molar-refractivity contribution < 1.29 is 19.4 Å². The largest absolute Gasteiger partial charge is 0.440 e. The number of aryl methyl sites for hydroxylation is 1. The number of ketones is 1. The van der Waals surface area contributed by atoms with Gasteiger partial charge in [-0.3, -0.25) is 9.69 Å². The molecule has 2 heterocycles. The number of nitrogens with zero attached hydrogens (tertiary/aromatic N) is 1. The molecule has 6 heteroatoms. The first-order valence-electron chi connectivity index (χ1n) is 15.8. The highest BCUT2D eigenvalue weighted by molar-refractivity contribution is 7.14. The third-order valence-corrected chi connectivity index (χ3v) is 14.1. The summed E-state index contributed by atoms with van der Waals surface area (Å²) in [6.45, 7) is 8.02. The molecule has 8 unspecified atom stereocenters. The number of carbonyl (C=O) groups is 2. The number of amides is 1. The van der Waals surface area contributed by atoms with Crippen LogP contribution in [0.15, 0.2) is 66.3 Å². The maximum Gasteiger partial charge on any atom is 0.410 e. The quantitative estimate of drug-likeness (QED) is 0.299. The van der Waals surface area contributed by atoms with Gasteiger partial charge in [0.2, 0.25) is 0 Å². The molecule has 1 saturated heterocycles. The normalized spacial score (nSPS) is 43.1. The highest BCUT2D eigenvalue weighted by atomic mass is 32.1. The van der Waals surface area contributed by atoms with Gasteiger partial charge in [-0.2, -0.15) is 0 Å². The molecule has 1 aliphatic heterocycles. The number of benzene rings is 1. The lowest BCUT2D eigenvalue weighted by molar-refractivity contribution is -0.164. The van der Waals surface area contributed by atoms with Crippen LogP contribution >= 0.6 is 11.3 Å². The van der Waals surface area contributed by atoms with E-state index in [1.165, 1.54) is 0 Å². The Morgan fingerprint density at radius 3 is 2.50 bits per heavy atom. The van der Waals surface area contributed by atoms with Crippen LogP contribution in [0.5, 0.6) is 0 Å². The summed E-state index contributed by atoms with van der Waals surface area (Å²) in [5, 5.41) is 10.9.